The van der Waals surface area contributed by atoms with Crippen molar-refractivity contribution in [1.29, 1.82) is 0 Å². The van der Waals surface area contributed by atoms with Gasteiger partial charge in [-0.25, -0.2) is 0 Å². The summed E-state index contributed by atoms with van der Waals surface area (Å²) >= 11 is 3.38. The van der Waals surface area contributed by atoms with Crippen molar-refractivity contribution >= 4 is 27.5 Å². The van der Waals surface area contributed by atoms with Crippen LogP contribution in [-0.2, 0) is 0 Å². The molecule has 2 aromatic rings. The Balaban J connectivity index is 1.84. The molecule has 0 spiro atoms. The Bertz CT molecular complexity index is 572. The molecule has 3 nitrogen and oxygen atoms in total. The quantitative estimate of drug-likeness (QED) is 0.910. The number of nitrogens with one attached hydrogen (secondary N) is 1. The number of halogens is 1. The van der Waals surface area contributed by atoms with Gasteiger partial charge in [0.15, 0.2) is 0 Å². The SMILES string of the molecule is CN(CCNC(=O)c1ccccc1Br)c1ccccc1. The minimum atomic E-state index is -0.0565. The number of benzene rings is 2. The normalized spacial score (nSPS) is 10.1. The third kappa shape index (κ3) is 3.84. The maximum atomic E-state index is 12.0. The van der Waals surface area contributed by atoms with Crippen LogP contribution in [0.4, 0.5) is 5.69 Å². The largest absolute Gasteiger partial charge is 0.373 e. The summed E-state index contributed by atoms with van der Waals surface area (Å²) in [5.74, 6) is -0.0565. The predicted molar refractivity (Wildman–Crippen MR) is 86.2 cm³/mol. The highest BCUT2D eigenvalue weighted by Crippen LogP contribution is 2.15. The summed E-state index contributed by atoms with van der Waals surface area (Å²) in [5, 5.41) is 2.93. The number of likely N-dealkylation sites (N-methyl/N-ethyl adjacent to an activating group) is 1. The highest BCUT2D eigenvalue weighted by Gasteiger charge is 2.08. The Labute approximate surface area is 127 Å². The third-order valence-corrected chi connectivity index (χ3v) is 3.74. The Morgan fingerprint density at radius 2 is 1.75 bits per heavy atom. The lowest BCUT2D eigenvalue weighted by atomic mass is 10.2. The lowest BCUT2D eigenvalue weighted by molar-refractivity contribution is 0.0954. The fourth-order valence-corrected chi connectivity index (χ4v) is 2.35. The zero-order valence-electron chi connectivity index (χ0n) is 11.3. The molecule has 2 aromatic carbocycles. The molecule has 1 amide bonds. The van der Waals surface area contributed by atoms with Crippen LogP contribution in [0, 0.1) is 0 Å². The number of nitrogens with zero attached hydrogens (tertiary/aromatic N) is 1. The van der Waals surface area contributed by atoms with E-state index in [0.29, 0.717) is 12.1 Å². The third-order valence-electron chi connectivity index (χ3n) is 3.05. The standard InChI is InChI=1S/C16H17BrN2O/c1-19(13-7-3-2-4-8-13)12-11-18-16(20)14-9-5-6-10-15(14)17/h2-10H,11-12H2,1H3,(H,18,20). The molecule has 0 bridgehead atoms. The van der Waals surface area contributed by atoms with Gasteiger partial charge < -0.3 is 10.2 Å². The molecule has 104 valence electrons. The second-order valence-corrected chi connectivity index (χ2v) is 5.35. The molecule has 0 aliphatic carbocycles. The first-order valence-corrected chi connectivity index (χ1v) is 7.26. The van der Waals surface area contributed by atoms with Gasteiger partial charge in [-0.05, 0) is 40.2 Å². The molecule has 0 unspecified atom stereocenters. The number of hydrogen-bond donors (Lipinski definition) is 1. The van der Waals surface area contributed by atoms with E-state index in [9.17, 15) is 4.79 Å². The van der Waals surface area contributed by atoms with Crippen LogP contribution in [0.2, 0.25) is 0 Å². The smallest absolute Gasteiger partial charge is 0.252 e. The van der Waals surface area contributed by atoms with Gasteiger partial charge >= 0.3 is 0 Å². The Morgan fingerprint density at radius 3 is 2.45 bits per heavy atom. The summed E-state index contributed by atoms with van der Waals surface area (Å²) in [6.45, 7) is 1.37. The van der Waals surface area contributed by atoms with Gasteiger partial charge in [-0.2, -0.15) is 0 Å². The van der Waals surface area contributed by atoms with Crippen LogP contribution in [0.25, 0.3) is 0 Å². The van der Waals surface area contributed by atoms with Crippen molar-refractivity contribution in [2.45, 2.75) is 0 Å². The highest BCUT2D eigenvalue weighted by atomic mass is 79.9. The lowest BCUT2D eigenvalue weighted by Gasteiger charge is -2.19. The fraction of sp³-hybridized carbons (Fsp3) is 0.188. The molecule has 0 atom stereocenters. The molecule has 0 fully saturated rings. The van der Waals surface area contributed by atoms with Crippen LogP contribution in [0.15, 0.2) is 59.1 Å². The maximum Gasteiger partial charge on any atom is 0.252 e. The first-order valence-electron chi connectivity index (χ1n) is 6.47. The molecule has 0 aliphatic rings. The molecule has 2 rings (SSSR count). The monoisotopic (exact) mass is 332 g/mol. The number of carbonyl (C=O) groups is 1. The van der Waals surface area contributed by atoms with Crippen LogP contribution in [0.1, 0.15) is 10.4 Å². The summed E-state index contributed by atoms with van der Waals surface area (Å²) in [6, 6.07) is 17.5. The summed E-state index contributed by atoms with van der Waals surface area (Å²) in [4.78, 5) is 14.1. The maximum absolute atomic E-state index is 12.0. The van der Waals surface area contributed by atoms with Crippen molar-refractivity contribution in [2.75, 3.05) is 25.0 Å². The second kappa shape index (κ2) is 7.10. The predicted octanol–water partition coefficient (Wildman–Crippen LogP) is 3.32. The zero-order chi connectivity index (χ0) is 14.4. The van der Waals surface area contributed by atoms with E-state index in [1.165, 1.54) is 0 Å². The molecule has 0 aliphatic heterocycles. The van der Waals surface area contributed by atoms with E-state index in [4.69, 9.17) is 0 Å². The first-order chi connectivity index (χ1) is 9.68. The molecule has 0 radical (unpaired) electrons. The average molecular weight is 333 g/mol. The van der Waals surface area contributed by atoms with Crippen molar-refractivity contribution in [1.82, 2.24) is 5.32 Å². The van der Waals surface area contributed by atoms with E-state index in [2.05, 4.69) is 38.3 Å². The van der Waals surface area contributed by atoms with Crippen LogP contribution in [0.3, 0.4) is 0 Å². The van der Waals surface area contributed by atoms with E-state index in [0.717, 1.165) is 16.7 Å². The minimum absolute atomic E-state index is 0.0565. The number of para-hydroxylation sites is 1. The molecule has 0 heterocycles. The van der Waals surface area contributed by atoms with Gasteiger partial charge in [0.1, 0.15) is 0 Å². The van der Waals surface area contributed by atoms with Gasteiger partial charge in [0.05, 0.1) is 5.56 Å². The molecular formula is C16H17BrN2O. The average Bonchev–Trinajstić information content (AvgIpc) is 2.48. The number of amides is 1. The van der Waals surface area contributed by atoms with Gasteiger partial charge in [-0.1, -0.05) is 30.3 Å². The van der Waals surface area contributed by atoms with Crippen molar-refractivity contribution in [2.24, 2.45) is 0 Å². The number of hydrogen-bond acceptors (Lipinski definition) is 2. The van der Waals surface area contributed by atoms with Gasteiger partial charge in [-0.3, -0.25) is 4.79 Å². The van der Waals surface area contributed by atoms with E-state index < -0.39 is 0 Å². The topological polar surface area (TPSA) is 32.3 Å². The molecule has 4 heteroatoms. The van der Waals surface area contributed by atoms with Gasteiger partial charge in [0.2, 0.25) is 0 Å². The van der Waals surface area contributed by atoms with E-state index >= 15 is 0 Å². The number of anilines is 1. The first kappa shape index (κ1) is 14.6. The summed E-state index contributed by atoms with van der Waals surface area (Å²) in [7, 11) is 2.01. The van der Waals surface area contributed by atoms with Crippen molar-refractivity contribution in [3.63, 3.8) is 0 Å². The van der Waals surface area contributed by atoms with Gasteiger partial charge in [0.25, 0.3) is 5.91 Å². The Morgan fingerprint density at radius 1 is 1.10 bits per heavy atom. The number of rotatable bonds is 5. The molecule has 0 saturated heterocycles. The van der Waals surface area contributed by atoms with Crippen LogP contribution in [-0.4, -0.2) is 26.0 Å². The molecule has 0 aromatic heterocycles. The van der Waals surface area contributed by atoms with Crippen molar-refractivity contribution < 1.29 is 4.79 Å². The van der Waals surface area contributed by atoms with Crippen LogP contribution < -0.4 is 10.2 Å². The van der Waals surface area contributed by atoms with E-state index in [1.807, 2.05) is 43.4 Å². The van der Waals surface area contributed by atoms with Crippen molar-refractivity contribution in [3.8, 4) is 0 Å². The summed E-state index contributed by atoms with van der Waals surface area (Å²) < 4.78 is 0.814. The molecule has 1 N–H and O–H groups in total. The molecule has 20 heavy (non-hydrogen) atoms. The van der Waals surface area contributed by atoms with Crippen LogP contribution in [0.5, 0.6) is 0 Å². The van der Waals surface area contributed by atoms with Crippen LogP contribution >= 0.6 is 15.9 Å². The Hall–Kier alpha value is -1.81. The van der Waals surface area contributed by atoms with E-state index in [1.54, 1.807) is 6.07 Å². The minimum Gasteiger partial charge on any atom is -0.373 e. The highest BCUT2D eigenvalue weighted by molar-refractivity contribution is 9.10. The zero-order valence-corrected chi connectivity index (χ0v) is 12.9. The van der Waals surface area contributed by atoms with Crippen molar-refractivity contribution in [3.05, 3.63) is 64.6 Å². The Kier molecular flexibility index (Phi) is 5.18. The second-order valence-electron chi connectivity index (χ2n) is 4.49. The van der Waals surface area contributed by atoms with Gasteiger partial charge in [0, 0.05) is 30.3 Å². The summed E-state index contributed by atoms with van der Waals surface area (Å²) in [6.07, 6.45) is 0. The lowest BCUT2D eigenvalue weighted by Crippen LogP contribution is -2.33. The molecule has 0 saturated carbocycles. The van der Waals surface area contributed by atoms with Gasteiger partial charge in [-0.15, -0.1) is 0 Å². The van der Waals surface area contributed by atoms with E-state index in [-0.39, 0.29) is 5.91 Å². The molecular weight excluding hydrogens is 316 g/mol. The number of carbonyl (C=O) groups excluding carboxylic acids is 1. The summed E-state index contributed by atoms with van der Waals surface area (Å²) in [5.41, 5.74) is 1.80. The fourth-order valence-electron chi connectivity index (χ4n) is 1.89.